The quantitative estimate of drug-likeness (QED) is 0.0199. The summed E-state index contributed by atoms with van der Waals surface area (Å²) < 4.78 is 16.8. The van der Waals surface area contributed by atoms with Crippen LogP contribution in [0.1, 0.15) is 220 Å². The third kappa shape index (κ3) is 54.2. The Morgan fingerprint density at radius 2 is 0.629 bits per heavy atom. The van der Waals surface area contributed by atoms with Crippen LogP contribution in [0, 0.1) is 0 Å². The Morgan fingerprint density at radius 3 is 1.06 bits per heavy atom. The van der Waals surface area contributed by atoms with Gasteiger partial charge in [0.05, 0.1) is 0 Å². The van der Waals surface area contributed by atoms with E-state index in [1.165, 1.54) is 57.8 Å². The molecule has 0 aromatic heterocycles. The summed E-state index contributed by atoms with van der Waals surface area (Å²) in [5.74, 6) is -0.989. The average molecular weight is 965 g/mol. The van der Waals surface area contributed by atoms with E-state index in [2.05, 4.69) is 118 Å². The molecule has 0 heterocycles. The monoisotopic (exact) mass is 965 g/mol. The highest BCUT2D eigenvalue weighted by Crippen LogP contribution is 2.14. The van der Waals surface area contributed by atoms with E-state index in [0.717, 1.165) is 122 Å². The molecule has 0 saturated heterocycles. The molecule has 0 aromatic carbocycles. The molecular formula is C64H100O6. The third-order valence-electron chi connectivity index (χ3n) is 11.3. The number of rotatable bonds is 48. The highest BCUT2D eigenvalue weighted by molar-refractivity contribution is 5.71. The zero-order chi connectivity index (χ0) is 50.7. The molecular weight excluding hydrogens is 865 g/mol. The lowest BCUT2D eigenvalue weighted by Gasteiger charge is -2.18. The molecule has 392 valence electrons. The Kier molecular flexibility index (Phi) is 53.0. The molecule has 0 amide bonds. The van der Waals surface area contributed by atoms with Gasteiger partial charge in [-0.25, -0.2) is 0 Å². The minimum Gasteiger partial charge on any atom is -0.462 e. The summed E-state index contributed by atoms with van der Waals surface area (Å²) >= 11 is 0. The number of hydrogen-bond acceptors (Lipinski definition) is 6. The maximum Gasteiger partial charge on any atom is 0.306 e. The van der Waals surface area contributed by atoms with Gasteiger partial charge in [-0.2, -0.15) is 0 Å². The number of unbranched alkanes of at least 4 members (excludes halogenated alkanes) is 20. The lowest BCUT2D eigenvalue weighted by molar-refractivity contribution is -0.167. The molecule has 0 rings (SSSR count). The number of carbonyl (C=O) groups excluding carboxylic acids is 3. The Hall–Kier alpha value is -4.71. The SMILES string of the molecule is CC\C=C/C=C\C=C/C=C\C=C/CCCCCC(=O)OCC(COC(=O)CCCCCCCCCCC/C=C\C/C=C\C/C=C\CC)OC(=O)CCCCCCC\C=C/C=C\C=C/C=C\CCCCC. The first-order valence-electron chi connectivity index (χ1n) is 28.0. The van der Waals surface area contributed by atoms with Gasteiger partial charge in [-0.3, -0.25) is 14.4 Å². The number of carbonyl (C=O) groups is 3. The van der Waals surface area contributed by atoms with Gasteiger partial charge >= 0.3 is 17.9 Å². The summed E-state index contributed by atoms with van der Waals surface area (Å²) in [5, 5.41) is 0. The molecule has 0 aliphatic heterocycles. The summed E-state index contributed by atoms with van der Waals surface area (Å²) in [7, 11) is 0. The van der Waals surface area contributed by atoms with Crippen molar-refractivity contribution in [2.24, 2.45) is 0 Å². The molecule has 0 spiro atoms. The molecule has 0 aliphatic rings. The minimum atomic E-state index is -0.818. The molecule has 1 atom stereocenters. The highest BCUT2D eigenvalue weighted by atomic mass is 16.6. The number of hydrogen-bond donors (Lipinski definition) is 0. The number of ether oxygens (including phenoxy) is 3. The lowest BCUT2D eigenvalue weighted by atomic mass is 10.1. The van der Waals surface area contributed by atoms with Gasteiger partial charge in [0, 0.05) is 19.3 Å². The van der Waals surface area contributed by atoms with Crippen molar-refractivity contribution in [2.75, 3.05) is 13.2 Å². The second-order valence-electron chi connectivity index (χ2n) is 17.9. The lowest BCUT2D eigenvalue weighted by Crippen LogP contribution is -2.30. The Bertz CT molecular complexity index is 1580. The summed E-state index contributed by atoms with van der Waals surface area (Å²) in [4.78, 5) is 38.1. The Balaban J connectivity index is 4.53. The van der Waals surface area contributed by atoms with Gasteiger partial charge in [0.2, 0.25) is 0 Å². The fraction of sp³-hybridized carbons (Fsp3) is 0.578. The summed E-state index contributed by atoms with van der Waals surface area (Å²) in [5.41, 5.74) is 0. The largest absolute Gasteiger partial charge is 0.462 e. The predicted molar refractivity (Wildman–Crippen MR) is 302 cm³/mol. The molecule has 70 heavy (non-hydrogen) atoms. The van der Waals surface area contributed by atoms with E-state index in [1.807, 2.05) is 48.6 Å². The van der Waals surface area contributed by atoms with Gasteiger partial charge in [-0.05, 0) is 96.3 Å². The number of allylic oxidation sites excluding steroid dienone is 24. The molecule has 0 fully saturated rings. The van der Waals surface area contributed by atoms with Crippen LogP contribution in [-0.2, 0) is 28.6 Å². The second-order valence-corrected chi connectivity index (χ2v) is 17.9. The van der Waals surface area contributed by atoms with Crippen molar-refractivity contribution in [3.8, 4) is 0 Å². The standard InChI is InChI=1S/C64H100O6/c1-4-7-10-13-16-19-22-25-28-30-32-34-36-39-42-45-48-51-54-57-63(66)69-60-61(59-68-62(65)56-53-50-47-44-41-38-35-27-24-21-18-15-12-9-6-3)70-64(67)58-55-52-49-46-43-40-37-33-31-29-26-23-20-17-14-11-8-5-2/h7,9-10,12,15-21,23-29,31,33,35,37-38,41,61H,4-6,8,11,13-14,22,30,32,34,36,39-40,42-60H2,1-3H3/b10-7-,12-9-,18-15-,19-16-,20-17-,24-21-,26-23-,28-25-,31-29-,35-27-,37-33-,41-38-. The van der Waals surface area contributed by atoms with E-state index in [0.29, 0.717) is 12.8 Å². The van der Waals surface area contributed by atoms with Crippen LogP contribution in [0.5, 0.6) is 0 Å². The molecule has 0 aliphatic carbocycles. The summed E-state index contributed by atoms with van der Waals surface area (Å²) in [6.07, 6.45) is 81.1. The predicted octanol–water partition coefficient (Wildman–Crippen LogP) is 18.8. The van der Waals surface area contributed by atoms with E-state index in [1.54, 1.807) is 0 Å². The third-order valence-corrected chi connectivity index (χ3v) is 11.3. The minimum absolute atomic E-state index is 0.111. The molecule has 0 aromatic rings. The van der Waals surface area contributed by atoms with Crippen LogP contribution in [-0.4, -0.2) is 37.2 Å². The topological polar surface area (TPSA) is 78.9 Å². The van der Waals surface area contributed by atoms with E-state index in [-0.39, 0.29) is 37.5 Å². The second kappa shape index (κ2) is 56.9. The fourth-order valence-corrected chi connectivity index (χ4v) is 7.14. The van der Waals surface area contributed by atoms with E-state index < -0.39 is 6.10 Å². The van der Waals surface area contributed by atoms with Crippen LogP contribution in [0.15, 0.2) is 146 Å². The Labute approximate surface area is 429 Å². The first-order valence-corrected chi connectivity index (χ1v) is 28.0. The Morgan fingerprint density at radius 1 is 0.314 bits per heavy atom. The average Bonchev–Trinajstić information content (AvgIpc) is 3.36. The molecule has 0 bridgehead atoms. The van der Waals surface area contributed by atoms with E-state index >= 15 is 0 Å². The van der Waals surface area contributed by atoms with Gasteiger partial charge < -0.3 is 14.2 Å². The van der Waals surface area contributed by atoms with Crippen molar-refractivity contribution in [2.45, 2.75) is 226 Å². The maximum atomic E-state index is 12.9. The van der Waals surface area contributed by atoms with Crippen LogP contribution in [0.2, 0.25) is 0 Å². The summed E-state index contributed by atoms with van der Waals surface area (Å²) in [6, 6.07) is 0. The molecule has 0 N–H and O–H groups in total. The van der Waals surface area contributed by atoms with Crippen LogP contribution < -0.4 is 0 Å². The fourth-order valence-electron chi connectivity index (χ4n) is 7.14. The van der Waals surface area contributed by atoms with Crippen LogP contribution in [0.3, 0.4) is 0 Å². The van der Waals surface area contributed by atoms with E-state index in [4.69, 9.17) is 14.2 Å². The highest BCUT2D eigenvalue weighted by Gasteiger charge is 2.19. The van der Waals surface area contributed by atoms with Crippen molar-refractivity contribution in [3.05, 3.63) is 146 Å². The molecule has 6 heteroatoms. The molecule has 1 unspecified atom stereocenters. The maximum absolute atomic E-state index is 12.9. The van der Waals surface area contributed by atoms with Gasteiger partial charge in [0.15, 0.2) is 6.10 Å². The normalized spacial score (nSPS) is 13.2. The number of esters is 3. The van der Waals surface area contributed by atoms with Crippen molar-refractivity contribution >= 4 is 17.9 Å². The van der Waals surface area contributed by atoms with E-state index in [9.17, 15) is 14.4 Å². The van der Waals surface area contributed by atoms with Crippen molar-refractivity contribution < 1.29 is 28.6 Å². The molecule has 0 saturated carbocycles. The zero-order valence-corrected chi connectivity index (χ0v) is 44.7. The van der Waals surface area contributed by atoms with Gasteiger partial charge in [0.25, 0.3) is 0 Å². The van der Waals surface area contributed by atoms with Gasteiger partial charge in [-0.15, -0.1) is 0 Å². The van der Waals surface area contributed by atoms with Crippen molar-refractivity contribution in [1.82, 2.24) is 0 Å². The molecule has 6 nitrogen and oxygen atoms in total. The van der Waals surface area contributed by atoms with Gasteiger partial charge in [-0.1, -0.05) is 250 Å². The smallest absolute Gasteiger partial charge is 0.306 e. The summed E-state index contributed by atoms with van der Waals surface area (Å²) in [6.45, 7) is 6.27. The van der Waals surface area contributed by atoms with Crippen molar-refractivity contribution in [3.63, 3.8) is 0 Å². The van der Waals surface area contributed by atoms with Crippen LogP contribution in [0.25, 0.3) is 0 Å². The first kappa shape index (κ1) is 65.3. The molecule has 0 radical (unpaired) electrons. The zero-order valence-electron chi connectivity index (χ0n) is 44.7. The van der Waals surface area contributed by atoms with Crippen LogP contribution in [0.4, 0.5) is 0 Å². The van der Waals surface area contributed by atoms with Crippen LogP contribution >= 0.6 is 0 Å². The van der Waals surface area contributed by atoms with Crippen molar-refractivity contribution in [1.29, 1.82) is 0 Å². The first-order chi connectivity index (χ1) is 34.5. The van der Waals surface area contributed by atoms with Gasteiger partial charge in [0.1, 0.15) is 13.2 Å².